The Hall–Kier alpha value is -3.68. The van der Waals surface area contributed by atoms with Gasteiger partial charge in [0.2, 0.25) is 5.88 Å². The summed E-state index contributed by atoms with van der Waals surface area (Å²) < 4.78 is 10.9. The second-order valence-corrected chi connectivity index (χ2v) is 9.37. The summed E-state index contributed by atoms with van der Waals surface area (Å²) in [6.45, 7) is 6.61. The van der Waals surface area contributed by atoms with Gasteiger partial charge in [-0.3, -0.25) is 9.69 Å². The molecule has 0 bridgehead atoms. The smallest absolute Gasteiger partial charge is 0.212 e. The highest BCUT2D eigenvalue weighted by Crippen LogP contribution is 2.30. The minimum Gasteiger partial charge on any atom is -0.481 e. The third-order valence-electron chi connectivity index (χ3n) is 6.24. The van der Waals surface area contributed by atoms with E-state index >= 15 is 0 Å². The van der Waals surface area contributed by atoms with Gasteiger partial charge in [0.25, 0.3) is 0 Å². The van der Waals surface area contributed by atoms with E-state index in [0.717, 1.165) is 46.4 Å². The van der Waals surface area contributed by atoms with Gasteiger partial charge in [-0.25, -0.2) is 15.0 Å². The third-order valence-corrected chi connectivity index (χ3v) is 6.24. The van der Waals surface area contributed by atoms with E-state index in [9.17, 15) is 4.79 Å². The van der Waals surface area contributed by atoms with Gasteiger partial charge in [0.05, 0.1) is 37.1 Å². The Bertz CT molecular complexity index is 1370. The first-order chi connectivity index (χ1) is 16.9. The summed E-state index contributed by atoms with van der Waals surface area (Å²) in [5.74, 6) is 0.661. The number of fused-ring (bicyclic) bond motifs is 1. The fourth-order valence-electron chi connectivity index (χ4n) is 4.52. The fourth-order valence-corrected chi connectivity index (χ4v) is 4.52. The highest BCUT2D eigenvalue weighted by Gasteiger charge is 2.28. The van der Waals surface area contributed by atoms with Crippen molar-refractivity contribution in [2.45, 2.75) is 19.4 Å². The molecule has 0 atom stereocenters. The molecule has 0 amide bonds. The van der Waals surface area contributed by atoms with E-state index in [4.69, 9.17) is 9.47 Å². The lowest BCUT2D eigenvalue weighted by Crippen LogP contribution is -2.49. The third kappa shape index (κ3) is 5.06. The molecule has 0 radical (unpaired) electrons. The first kappa shape index (κ1) is 23.1. The summed E-state index contributed by atoms with van der Waals surface area (Å²) in [5.41, 5.74) is 4.93. The number of rotatable bonds is 6. The molecule has 2 aromatic heterocycles. The van der Waals surface area contributed by atoms with Crippen LogP contribution in [0.1, 0.15) is 24.2 Å². The minimum absolute atomic E-state index is 0.0907. The number of hydrogen-bond acceptors (Lipinski definition) is 7. The molecule has 35 heavy (non-hydrogen) atoms. The summed E-state index contributed by atoms with van der Waals surface area (Å²) >= 11 is 0. The predicted molar refractivity (Wildman–Crippen MR) is 136 cm³/mol. The van der Waals surface area contributed by atoms with E-state index in [0.29, 0.717) is 24.6 Å². The van der Waals surface area contributed by atoms with Crippen molar-refractivity contribution in [2.75, 3.05) is 33.4 Å². The van der Waals surface area contributed by atoms with Crippen molar-refractivity contribution in [3.8, 4) is 28.3 Å². The average Bonchev–Trinajstić information content (AvgIpc) is 2.87. The van der Waals surface area contributed by atoms with E-state index in [-0.39, 0.29) is 11.4 Å². The number of carbonyl (C=O) groups is 1. The van der Waals surface area contributed by atoms with Crippen LogP contribution in [0.15, 0.2) is 67.1 Å². The van der Waals surface area contributed by atoms with E-state index in [1.807, 2.05) is 48.5 Å². The molecule has 178 valence electrons. The lowest BCUT2D eigenvalue weighted by molar-refractivity contribution is -0.0833. The zero-order valence-corrected chi connectivity index (χ0v) is 20.2. The highest BCUT2D eigenvalue weighted by molar-refractivity contribution is 6.00. The molecule has 0 N–H and O–H groups in total. The van der Waals surface area contributed by atoms with Crippen molar-refractivity contribution in [2.24, 2.45) is 0 Å². The number of ketones is 1. The molecule has 1 aliphatic rings. The number of carbonyl (C=O) groups excluding carboxylic acids is 1. The summed E-state index contributed by atoms with van der Waals surface area (Å²) in [5, 5.41) is 0.917. The second-order valence-electron chi connectivity index (χ2n) is 9.37. The number of Topliss-reactive ketones (excluding diaryl/α,β-unsaturated/α-hetero) is 1. The van der Waals surface area contributed by atoms with Crippen LogP contribution in [-0.2, 0) is 4.74 Å². The van der Waals surface area contributed by atoms with Gasteiger partial charge in [0.1, 0.15) is 6.33 Å². The molecule has 1 aliphatic heterocycles. The summed E-state index contributed by atoms with van der Waals surface area (Å²) in [7, 11) is 1.60. The predicted octanol–water partition coefficient (Wildman–Crippen LogP) is 4.66. The standard InChI is InChI=1S/C28H28N4O3/c1-28(2)17-32(11-12-35-28)16-25(33)20-5-4-6-21(13-20)27-23-14-19(7-9-24(23)30-18-31-27)22-8-10-26(34-3)29-15-22/h4-10,13-15,18H,11-12,16-17H2,1-3H3. The van der Waals surface area contributed by atoms with Crippen molar-refractivity contribution >= 4 is 16.7 Å². The number of benzene rings is 2. The van der Waals surface area contributed by atoms with Gasteiger partial charge in [0.15, 0.2) is 5.78 Å². The van der Waals surface area contributed by atoms with Crippen molar-refractivity contribution in [1.29, 1.82) is 0 Å². The van der Waals surface area contributed by atoms with Gasteiger partial charge in [-0.05, 0) is 43.7 Å². The summed E-state index contributed by atoms with van der Waals surface area (Å²) in [6.07, 6.45) is 3.35. The number of nitrogens with zero attached hydrogens (tertiary/aromatic N) is 4. The van der Waals surface area contributed by atoms with Gasteiger partial charge in [0, 0.05) is 47.4 Å². The molecular formula is C28H28N4O3. The van der Waals surface area contributed by atoms with E-state index in [1.54, 1.807) is 19.6 Å². The van der Waals surface area contributed by atoms with Gasteiger partial charge >= 0.3 is 0 Å². The maximum Gasteiger partial charge on any atom is 0.212 e. The first-order valence-corrected chi connectivity index (χ1v) is 11.7. The monoisotopic (exact) mass is 468 g/mol. The van der Waals surface area contributed by atoms with Gasteiger partial charge < -0.3 is 9.47 Å². The van der Waals surface area contributed by atoms with Crippen LogP contribution in [0.2, 0.25) is 0 Å². The Balaban J connectivity index is 1.46. The molecule has 1 fully saturated rings. The Morgan fingerprint density at radius 1 is 1.03 bits per heavy atom. The van der Waals surface area contributed by atoms with Crippen LogP contribution in [-0.4, -0.2) is 64.6 Å². The van der Waals surface area contributed by atoms with Gasteiger partial charge in [-0.1, -0.05) is 24.3 Å². The largest absolute Gasteiger partial charge is 0.481 e. The number of aromatic nitrogens is 3. The molecule has 0 unspecified atom stereocenters. The van der Waals surface area contributed by atoms with Crippen LogP contribution in [0.5, 0.6) is 5.88 Å². The van der Waals surface area contributed by atoms with Crippen LogP contribution >= 0.6 is 0 Å². The molecule has 0 aliphatic carbocycles. The van der Waals surface area contributed by atoms with Gasteiger partial charge in [-0.2, -0.15) is 0 Å². The normalized spacial score (nSPS) is 15.7. The van der Waals surface area contributed by atoms with Crippen LogP contribution in [0.25, 0.3) is 33.3 Å². The van der Waals surface area contributed by atoms with E-state index in [1.165, 1.54) is 0 Å². The Labute approximate surface area is 204 Å². The van der Waals surface area contributed by atoms with Crippen molar-refractivity contribution in [3.05, 3.63) is 72.7 Å². The quantitative estimate of drug-likeness (QED) is 0.381. The van der Waals surface area contributed by atoms with E-state index < -0.39 is 0 Å². The summed E-state index contributed by atoms with van der Waals surface area (Å²) in [4.78, 5) is 28.6. The highest BCUT2D eigenvalue weighted by atomic mass is 16.5. The zero-order valence-electron chi connectivity index (χ0n) is 20.2. The van der Waals surface area contributed by atoms with Crippen LogP contribution in [0, 0.1) is 0 Å². The second kappa shape index (κ2) is 9.52. The summed E-state index contributed by atoms with van der Waals surface area (Å²) in [6, 6.07) is 17.6. The van der Waals surface area contributed by atoms with Crippen LogP contribution in [0.4, 0.5) is 0 Å². The molecule has 7 heteroatoms. The lowest BCUT2D eigenvalue weighted by atomic mass is 9.99. The molecule has 4 aromatic rings. The number of methoxy groups -OCH3 is 1. The SMILES string of the molecule is COc1ccc(-c2ccc3ncnc(-c4cccc(C(=O)CN5CCOC(C)(C)C5)c4)c3c2)cn1. The molecular weight excluding hydrogens is 440 g/mol. The number of ether oxygens (including phenoxy) is 2. The lowest BCUT2D eigenvalue weighted by Gasteiger charge is -2.37. The topological polar surface area (TPSA) is 77.4 Å². The first-order valence-electron chi connectivity index (χ1n) is 11.7. The molecule has 3 heterocycles. The van der Waals surface area contributed by atoms with Crippen molar-refractivity contribution in [3.63, 3.8) is 0 Å². The molecule has 1 saturated heterocycles. The Kier molecular flexibility index (Phi) is 6.28. The number of hydrogen-bond donors (Lipinski definition) is 0. The average molecular weight is 469 g/mol. The Morgan fingerprint density at radius 3 is 2.66 bits per heavy atom. The number of morpholine rings is 1. The van der Waals surface area contributed by atoms with E-state index in [2.05, 4.69) is 39.8 Å². The minimum atomic E-state index is -0.239. The number of pyridine rings is 1. The Morgan fingerprint density at radius 2 is 1.89 bits per heavy atom. The zero-order chi connectivity index (χ0) is 24.4. The van der Waals surface area contributed by atoms with Crippen LogP contribution in [0.3, 0.4) is 0 Å². The van der Waals surface area contributed by atoms with Crippen molar-refractivity contribution < 1.29 is 14.3 Å². The molecule has 7 nitrogen and oxygen atoms in total. The van der Waals surface area contributed by atoms with Gasteiger partial charge in [-0.15, -0.1) is 0 Å². The molecule has 5 rings (SSSR count). The molecule has 2 aromatic carbocycles. The fraction of sp³-hybridized carbons (Fsp3) is 0.286. The van der Waals surface area contributed by atoms with Crippen LogP contribution < -0.4 is 4.74 Å². The molecule has 0 spiro atoms. The van der Waals surface area contributed by atoms with Crippen molar-refractivity contribution in [1.82, 2.24) is 19.9 Å². The molecule has 0 saturated carbocycles. The maximum atomic E-state index is 13.1. The maximum absolute atomic E-state index is 13.1.